The smallest absolute Gasteiger partial charge is 0.405 e. The molecule has 3 nitrogen and oxygen atoms in total. The van der Waals surface area contributed by atoms with Gasteiger partial charge in [0.2, 0.25) is 0 Å². The summed E-state index contributed by atoms with van der Waals surface area (Å²) in [5, 5.41) is 2.59. The molecule has 1 aliphatic carbocycles. The van der Waals surface area contributed by atoms with E-state index in [1.54, 1.807) is 0 Å². The molecule has 0 aliphatic heterocycles. The first-order valence-corrected chi connectivity index (χ1v) is 16.4. The summed E-state index contributed by atoms with van der Waals surface area (Å²) in [6.45, 7) is 13.7. The van der Waals surface area contributed by atoms with Gasteiger partial charge in [-0.3, -0.25) is 4.79 Å². The maximum Gasteiger partial charge on any atom is 0.405 e. The average Bonchev–Trinajstić information content (AvgIpc) is 3.31. The molecular formula is C39H52F3NO2. The van der Waals surface area contributed by atoms with Gasteiger partial charge in [-0.2, -0.15) is 13.2 Å². The summed E-state index contributed by atoms with van der Waals surface area (Å²) in [6.07, 6.45) is 5.03. The number of para-hydroxylation sites is 1. The second-order valence-electron chi connectivity index (χ2n) is 11.9. The topological polar surface area (TPSA) is 38.3 Å². The normalized spacial score (nSPS) is 12.6. The molecule has 3 aromatic rings. The number of alkyl halides is 3. The highest BCUT2D eigenvalue weighted by molar-refractivity contribution is 5.83. The van der Waals surface area contributed by atoms with Crippen LogP contribution < -0.4 is 10.1 Å². The third-order valence-electron chi connectivity index (χ3n) is 7.98. The number of fused-ring (bicyclic) bond motifs is 3. The number of hydrogen-bond donors (Lipinski definition) is 1. The third-order valence-corrected chi connectivity index (χ3v) is 7.98. The molecule has 6 heteroatoms. The molecule has 45 heavy (non-hydrogen) atoms. The van der Waals surface area contributed by atoms with E-state index in [2.05, 4.69) is 39.6 Å². The van der Waals surface area contributed by atoms with Crippen LogP contribution in [0.1, 0.15) is 97.1 Å². The number of halogens is 3. The number of benzene rings is 3. The Morgan fingerprint density at radius 2 is 1.33 bits per heavy atom. The van der Waals surface area contributed by atoms with Gasteiger partial charge in [0.1, 0.15) is 18.9 Å². The molecule has 0 heterocycles. The maximum atomic E-state index is 12.8. The van der Waals surface area contributed by atoms with Gasteiger partial charge in [0, 0.05) is 5.70 Å². The molecule has 0 atom stereocenters. The number of ether oxygens (including phenoxy) is 1. The number of ketones is 1. The summed E-state index contributed by atoms with van der Waals surface area (Å²) >= 11 is 0. The molecule has 1 aliphatic rings. The minimum Gasteiger partial charge on any atom is -0.486 e. The minimum absolute atomic E-state index is 0.0360. The summed E-state index contributed by atoms with van der Waals surface area (Å²) in [6, 6.07) is 25.3. The van der Waals surface area contributed by atoms with E-state index in [1.165, 1.54) is 32.6 Å². The fourth-order valence-corrected chi connectivity index (χ4v) is 5.90. The van der Waals surface area contributed by atoms with Crippen LogP contribution in [0.4, 0.5) is 13.2 Å². The van der Waals surface area contributed by atoms with Crippen molar-refractivity contribution in [1.82, 2.24) is 5.32 Å². The average molecular weight is 624 g/mol. The minimum atomic E-state index is -4.27. The van der Waals surface area contributed by atoms with E-state index < -0.39 is 18.1 Å². The summed E-state index contributed by atoms with van der Waals surface area (Å²) < 4.78 is 43.6. The lowest BCUT2D eigenvalue weighted by Crippen LogP contribution is -2.39. The van der Waals surface area contributed by atoms with Crippen LogP contribution in [-0.4, -0.2) is 25.1 Å². The van der Waals surface area contributed by atoms with E-state index in [0.717, 1.165) is 59.6 Å². The van der Waals surface area contributed by atoms with Crippen molar-refractivity contribution in [3.8, 4) is 16.9 Å². The van der Waals surface area contributed by atoms with Crippen LogP contribution in [0.5, 0.6) is 5.75 Å². The highest BCUT2D eigenvalue weighted by Crippen LogP contribution is 2.54. The Hall–Kier alpha value is -3.54. The van der Waals surface area contributed by atoms with Crippen molar-refractivity contribution in [2.24, 2.45) is 5.92 Å². The van der Waals surface area contributed by atoms with Crippen LogP contribution in [0, 0.1) is 5.92 Å². The second-order valence-corrected chi connectivity index (χ2v) is 11.9. The lowest BCUT2D eigenvalue weighted by Gasteiger charge is -2.35. The summed E-state index contributed by atoms with van der Waals surface area (Å²) in [7, 11) is 0. The maximum absolute atomic E-state index is 12.8. The lowest BCUT2D eigenvalue weighted by atomic mass is 9.72. The number of Topliss-reactive ketones (excluding diaryl/α,β-unsaturated/α-hetero) is 1. The molecule has 0 spiro atoms. The first-order valence-electron chi connectivity index (χ1n) is 16.4. The molecular weight excluding hydrogens is 571 g/mol. The number of carbonyl (C=O) groups is 1. The molecule has 1 N–H and O–H groups in total. The van der Waals surface area contributed by atoms with Gasteiger partial charge in [-0.05, 0) is 53.6 Å². The summed E-state index contributed by atoms with van der Waals surface area (Å²) in [5.74, 6) is 1.74. The molecule has 246 valence electrons. The van der Waals surface area contributed by atoms with Crippen molar-refractivity contribution in [3.63, 3.8) is 0 Å². The zero-order valence-corrected chi connectivity index (χ0v) is 27.8. The molecule has 0 saturated heterocycles. The number of carbonyl (C=O) groups excluding carboxylic acids is 1. The van der Waals surface area contributed by atoms with E-state index in [1.807, 2.05) is 78.9 Å². The molecule has 4 rings (SSSR count). The Balaban J connectivity index is 0.000000305. The Bertz CT molecular complexity index is 1250. The van der Waals surface area contributed by atoms with Gasteiger partial charge in [0.15, 0.2) is 5.78 Å². The van der Waals surface area contributed by atoms with Gasteiger partial charge < -0.3 is 10.1 Å². The van der Waals surface area contributed by atoms with Crippen LogP contribution in [0.2, 0.25) is 0 Å². The molecule has 0 aromatic heterocycles. The molecule has 0 fully saturated rings. The van der Waals surface area contributed by atoms with Gasteiger partial charge in [-0.15, -0.1) is 0 Å². The zero-order chi connectivity index (χ0) is 33.3. The Kier molecular flexibility index (Phi) is 16.0. The van der Waals surface area contributed by atoms with E-state index in [0.29, 0.717) is 5.70 Å². The van der Waals surface area contributed by atoms with Gasteiger partial charge in [-0.1, -0.05) is 146 Å². The van der Waals surface area contributed by atoms with Crippen LogP contribution in [0.15, 0.2) is 91.1 Å². The third kappa shape index (κ3) is 11.7. The Morgan fingerprint density at radius 1 is 0.822 bits per heavy atom. The van der Waals surface area contributed by atoms with E-state index in [9.17, 15) is 18.0 Å². The number of unbranched alkanes of at least 4 members (excludes halogenated alkanes) is 2. The first kappa shape index (κ1) is 37.6. The lowest BCUT2D eigenvalue weighted by molar-refractivity contribution is -0.123. The standard InChI is InChI=1S/C22H24F3N.C9H10O2.C8H18/c1-3-4-9-14-21(16(2)26-15-22(23,24)25)19-12-7-5-10-17(19)18-11-6-8-13-20(18)21;1-8(10)7-11-9-5-3-2-4-6-9;1-4-6-8(3)7-5-2/h5-8,10-13,26H,2-4,9,14-15H2,1H3;2-6H,7H2,1H3;8H,4-7H2,1-3H3. The molecule has 0 unspecified atom stereocenters. The van der Waals surface area contributed by atoms with Gasteiger partial charge in [0.25, 0.3) is 0 Å². The Labute approximate surface area is 269 Å². The Morgan fingerprint density at radius 3 is 1.80 bits per heavy atom. The molecule has 3 aromatic carbocycles. The fourth-order valence-electron chi connectivity index (χ4n) is 5.90. The quantitative estimate of drug-likeness (QED) is 0.182. The number of rotatable bonds is 14. The highest BCUT2D eigenvalue weighted by atomic mass is 19.4. The highest BCUT2D eigenvalue weighted by Gasteiger charge is 2.45. The van der Waals surface area contributed by atoms with Gasteiger partial charge >= 0.3 is 6.18 Å². The zero-order valence-electron chi connectivity index (χ0n) is 27.8. The van der Waals surface area contributed by atoms with Crippen molar-refractivity contribution in [2.75, 3.05) is 13.2 Å². The van der Waals surface area contributed by atoms with E-state index in [4.69, 9.17) is 4.74 Å². The van der Waals surface area contributed by atoms with Crippen LogP contribution in [-0.2, 0) is 10.2 Å². The van der Waals surface area contributed by atoms with Crippen LogP contribution in [0.25, 0.3) is 11.1 Å². The van der Waals surface area contributed by atoms with Gasteiger partial charge in [0.05, 0.1) is 5.41 Å². The monoisotopic (exact) mass is 623 g/mol. The van der Waals surface area contributed by atoms with E-state index in [-0.39, 0.29) is 12.4 Å². The van der Waals surface area contributed by atoms with Crippen molar-refractivity contribution in [2.45, 2.75) is 97.6 Å². The molecule has 0 bridgehead atoms. The second kappa shape index (κ2) is 19.1. The number of allylic oxidation sites excluding steroid dienone is 1. The largest absolute Gasteiger partial charge is 0.486 e. The van der Waals surface area contributed by atoms with Crippen molar-refractivity contribution in [1.29, 1.82) is 0 Å². The molecule has 0 saturated carbocycles. The van der Waals surface area contributed by atoms with Gasteiger partial charge in [-0.25, -0.2) is 0 Å². The van der Waals surface area contributed by atoms with E-state index >= 15 is 0 Å². The number of nitrogens with one attached hydrogen (secondary N) is 1. The summed E-state index contributed by atoms with van der Waals surface area (Å²) in [4.78, 5) is 10.5. The SMILES string of the molecule is C=C(NCC(F)(F)F)C1(CCCCC)c2ccccc2-c2ccccc21.CC(=O)COc1ccccc1.CCCC(C)CCC. The molecule has 0 amide bonds. The van der Waals surface area contributed by atoms with Crippen molar-refractivity contribution in [3.05, 3.63) is 102 Å². The first-order chi connectivity index (χ1) is 21.5. The fraction of sp³-hybridized carbons (Fsp3) is 0.462. The predicted octanol–water partition coefficient (Wildman–Crippen LogP) is 11.1. The number of hydrogen-bond acceptors (Lipinski definition) is 3. The summed E-state index contributed by atoms with van der Waals surface area (Å²) in [5.41, 5.74) is 4.11. The van der Waals surface area contributed by atoms with Crippen LogP contribution in [0.3, 0.4) is 0 Å². The van der Waals surface area contributed by atoms with Crippen molar-refractivity contribution >= 4 is 5.78 Å². The predicted molar refractivity (Wildman–Crippen MR) is 182 cm³/mol. The van der Waals surface area contributed by atoms with Crippen LogP contribution >= 0.6 is 0 Å². The molecule has 0 radical (unpaired) electrons. The van der Waals surface area contributed by atoms with Crippen molar-refractivity contribution < 1.29 is 22.7 Å².